The molecule has 4 aromatic carbocycles. The second kappa shape index (κ2) is 12.9. The Balaban J connectivity index is 1.20. The Bertz CT molecular complexity index is 2160. The van der Waals surface area contributed by atoms with E-state index in [0.717, 1.165) is 38.8 Å². The van der Waals surface area contributed by atoms with Gasteiger partial charge < -0.3 is 19.8 Å². The molecule has 2 aliphatic rings. The largest absolute Gasteiger partial charge is 0.483 e. The number of halogens is 1. The third-order valence-corrected chi connectivity index (χ3v) is 10.8. The van der Waals surface area contributed by atoms with Crippen molar-refractivity contribution in [1.29, 1.82) is 0 Å². The molecule has 0 radical (unpaired) electrons. The Morgan fingerprint density at radius 3 is 2.52 bits per heavy atom. The first-order valence-electron chi connectivity index (χ1n) is 15.0. The van der Waals surface area contributed by atoms with Crippen molar-refractivity contribution in [3.8, 4) is 5.75 Å². The summed E-state index contributed by atoms with van der Waals surface area (Å²) >= 11 is 8.57. The lowest BCUT2D eigenvalue weighted by atomic mass is 9.82. The first-order chi connectivity index (χ1) is 23.2. The molecule has 1 saturated heterocycles. The van der Waals surface area contributed by atoms with Crippen LogP contribution in [0.2, 0.25) is 5.02 Å². The van der Waals surface area contributed by atoms with Crippen molar-refractivity contribution in [2.45, 2.75) is 23.1 Å². The molecule has 10 nitrogen and oxygen atoms in total. The van der Waals surface area contributed by atoms with Gasteiger partial charge in [0.25, 0.3) is 5.91 Å². The van der Waals surface area contributed by atoms with E-state index in [1.54, 1.807) is 25.1 Å². The molecule has 5 aromatic rings. The molecule has 3 atom stereocenters. The highest BCUT2D eigenvalue weighted by atomic mass is 35.5. The number of benzene rings is 4. The number of imide groups is 1. The number of anilines is 2. The Morgan fingerprint density at radius 1 is 0.958 bits per heavy atom. The maximum atomic E-state index is 14.2. The van der Waals surface area contributed by atoms with Gasteiger partial charge in [-0.05, 0) is 60.8 Å². The van der Waals surface area contributed by atoms with Crippen LogP contribution >= 0.6 is 34.7 Å². The standard InChI is InChI=1S/C35H26ClN3O7S2/c1-2-45-34(43)19-10-13-21(14-11-19)39-32(41)28-27(29-31(38-35(44)48-29)47-30(28)33(39)42)23-16-20(36)12-15-25(23)46-17-26(40)37-24-9-5-7-18-6-3-4-8-22(18)24/h3-16,27-28,30H,2,17H2,1H3,(H,37,40)(H,38,44). The van der Waals surface area contributed by atoms with Crippen LogP contribution in [0.15, 0.2) is 94.7 Å². The van der Waals surface area contributed by atoms with Crippen LogP contribution in [0, 0.1) is 5.92 Å². The zero-order valence-corrected chi connectivity index (χ0v) is 27.6. The predicted molar refractivity (Wildman–Crippen MR) is 184 cm³/mol. The maximum absolute atomic E-state index is 14.2. The molecule has 48 heavy (non-hydrogen) atoms. The highest BCUT2D eigenvalue weighted by Crippen LogP contribution is 2.54. The van der Waals surface area contributed by atoms with Gasteiger partial charge in [-0.25, -0.2) is 9.69 Å². The Morgan fingerprint density at radius 2 is 1.73 bits per heavy atom. The van der Waals surface area contributed by atoms with Crippen molar-refractivity contribution in [3.05, 3.63) is 116 Å². The number of esters is 1. The van der Waals surface area contributed by atoms with E-state index in [1.807, 2.05) is 42.5 Å². The number of amides is 3. The fourth-order valence-electron chi connectivity index (χ4n) is 6.13. The first-order valence-corrected chi connectivity index (χ1v) is 17.1. The van der Waals surface area contributed by atoms with Gasteiger partial charge in [-0.15, -0.1) is 0 Å². The average molecular weight is 700 g/mol. The van der Waals surface area contributed by atoms with Gasteiger partial charge in [-0.2, -0.15) is 0 Å². The van der Waals surface area contributed by atoms with Gasteiger partial charge >= 0.3 is 10.8 Å². The van der Waals surface area contributed by atoms with E-state index < -0.39 is 40.8 Å². The molecule has 3 heterocycles. The molecule has 1 fully saturated rings. The average Bonchev–Trinajstić information content (AvgIpc) is 3.58. The fourth-order valence-corrected chi connectivity index (χ4v) is 8.81. The number of rotatable bonds is 8. The maximum Gasteiger partial charge on any atom is 0.338 e. The van der Waals surface area contributed by atoms with Crippen molar-refractivity contribution in [2.75, 3.05) is 23.4 Å². The molecule has 1 aromatic heterocycles. The number of nitrogens with one attached hydrogen (secondary N) is 2. The summed E-state index contributed by atoms with van der Waals surface area (Å²) in [6.07, 6.45) is 0. The number of hydrogen-bond donors (Lipinski definition) is 2. The van der Waals surface area contributed by atoms with Crippen LogP contribution in [0.3, 0.4) is 0 Å². The van der Waals surface area contributed by atoms with Gasteiger partial charge in [-0.3, -0.25) is 19.2 Å². The van der Waals surface area contributed by atoms with Gasteiger partial charge in [0.1, 0.15) is 11.0 Å². The Labute approximate surface area is 287 Å². The molecule has 7 rings (SSSR count). The number of carbonyl (C=O) groups is 4. The molecular formula is C35H26ClN3O7S2. The van der Waals surface area contributed by atoms with Crippen molar-refractivity contribution in [1.82, 2.24) is 4.98 Å². The number of aromatic amines is 1. The van der Waals surface area contributed by atoms with Crippen LogP contribution in [0.25, 0.3) is 10.8 Å². The topological polar surface area (TPSA) is 135 Å². The number of thiazole rings is 1. The van der Waals surface area contributed by atoms with Crippen LogP contribution in [0.4, 0.5) is 11.4 Å². The fraction of sp³-hybridized carbons (Fsp3) is 0.171. The second-order valence-corrected chi connectivity index (χ2v) is 13.7. The van der Waals surface area contributed by atoms with Gasteiger partial charge in [0.15, 0.2) is 6.61 Å². The summed E-state index contributed by atoms with van der Waals surface area (Å²) in [5.41, 5.74) is 1.69. The van der Waals surface area contributed by atoms with Crippen molar-refractivity contribution < 1.29 is 28.7 Å². The molecular weight excluding hydrogens is 674 g/mol. The minimum absolute atomic E-state index is 0.210. The van der Waals surface area contributed by atoms with E-state index in [0.29, 0.717) is 31.9 Å². The highest BCUT2D eigenvalue weighted by molar-refractivity contribution is 8.00. The third-order valence-electron chi connectivity index (χ3n) is 8.19. The van der Waals surface area contributed by atoms with Gasteiger partial charge in [0, 0.05) is 32.5 Å². The smallest absolute Gasteiger partial charge is 0.338 e. The number of nitrogens with zero attached hydrogens (tertiary/aromatic N) is 1. The van der Waals surface area contributed by atoms with E-state index in [1.165, 1.54) is 24.3 Å². The van der Waals surface area contributed by atoms with Crippen LogP contribution in [0.5, 0.6) is 5.75 Å². The minimum Gasteiger partial charge on any atom is -0.483 e. The quantitative estimate of drug-likeness (QED) is 0.144. The van der Waals surface area contributed by atoms with Gasteiger partial charge in [0.05, 0.1) is 28.8 Å². The minimum atomic E-state index is -0.920. The van der Waals surface area contributed by atoms with Crippen molar-refractivity contribution in [2.24, 2.45) is 5.92 Å². The number of H-pyrrole nitrogens is 1. The summed E-state index contributed by atoms with van der Waals surface area (Å²) in [6.45, 7) is 1.56. The number of fused-ring (bicyclic) bond motifs is 3. The molecule has 3 amide bonds. The summed E-state index contributed by atoms with van der Waals surface area (Å²) in [5, 5.41) is 4.72. The molecule has 2 aliphatic heterocycles. The van der Waals surface area contributed by atoms with Crippen LogP contribution in [0.1, 0.15) is 33.6 Å². The number of thioether (sulfide) groups is 1. The third kappa shape index (κ3) is 5.76. The lowest BCUT2D eigenvalue weighted by Crippen LogP contribution is -2.32. The first kappa shape index (κ1) is 31.7. The van der Waals surface area contributed by atoms with Crippen LogP contribution in [-0.2, 0) is 19.1 Å². The Hall–Kier alpha value is -4.91. The predicted octanol–water partition coefficient (Wildman–Crippen LogP) is 6.23. The lowest BCUT2D eigenvalue weighted by molar-refractivity contribution is -0.122. The molecule has 0 spiro atoms. The highest BCUT2D eigenvalue weighted by Gasteiger charge is 2.57. The summed E-state index contributed by atoms with van der Waals surface area (Å²) in [7, 11) is 0. The van der Waals surface area contributed by atoms with Gasteiger partial charge in [-0.1, -0.05) is 71.1 Å². The van der Waals surface area contributed by atoms with E-state index in [9.17, 15) is 24.0 Å². The van der Waals surface area contributed by atoms with Crippen molar-refractivity contribution in [3.63, 3.8) is 0 Å². The van der Waals surface area contributed by atoms with E-state index in [2.05, 4.69) is 10.3 Å². The van der Waals surface area contributed by atoms with Gasteiger partial charge in [0.2, 0.25) is 11.8 Å². The summed E-state index contributed by atoms with van der Waals surface area (Å²) < 4.78 is 11.1. The summed E-state index contributed by atoms with van der Waals surface area (Å²) in [5.74, 6) is -3.27. The monoisotopic (exact) mass is 699 g/mol. The van der Waals surface area contributed by atoms with E-state index in [-0.39, 0.29) is 29.4 Å². The molecule has 3 unspecified atom stereocenters. The van der Waals surface area contributed by atoms with Crippen LogP contribution in [-0.4, -0.2) is 47.1 Å². The Kier molecular flexibility index (Phi) is 8.54. The lowest BCUT2D eigenvalue weighted by Gasteiger charge is -2.31. The normalized spacial score (nSPS) is 18.4. The molecule has 2 N–H and O–H groups in total. The summed E-state index contributed by atoms with van der Waals surface area (Å²) in [4.78, 5) is 70.2. The number of carbonyl (C=O) groups excluding carboxylic acids is 4. The molecule has 0 aliphatic carbocycles. The molecule has 13 heteroatoms. The molecule has 242 valence electrons. The number of hydrogen-bond acceptors (Lipinski definition) is 9. The zero-order chi connectivity index (χ0) is 33.5. The zero-order valence-electron chi connectivity index (χ0n) is 25.2. The molecule has 0 bridgehead atoms. The molecule has 0 saturated carbocycles. The SMILES string of the molecule is CCOC(=O)c1ccc(N2C(=O)C3Sc4[nH]c(=O)sc4C(c4cc(Cl)ccc4OCC(=O)Nc4cccc5ccccc45)C3C2=O)cc1. The summed E-state index contributed by atoms with van der Waals surface area (Å²) in [6, 6.07) is 24.2. The van der Waals surface area contributed by atoms with E-state index >= 15 is 0 Å². The van der Waals surface area contributed by atoms with Crippen LogP contribution < -0.4 is 19.8 Å². The van der Waals surface area contributed by atoms with E-state index in [4.69, 9.17) is 21.1 Å². The van der Waals surface area contributed by atoms with Crippen molar-refractivity contribution >= 4 is 80.5 Å². The second-order valence-electron chi connectivity index (χ2n) is 11.1. The number of aromatic nitrogens is 1. The number of ether oxygens (including phenoxy) is 2.